The highest BCUT2D eigenvalue weighted by Crippen LogP contribution is 2.42. The summed E-state index contributed by atoms with van der Waals surface area (Å²) in [6, 6.07) is 0. The molecule has 2 atom stereocenters. The molecule has 1 aliphatic carbocycles. The maximum Gasteiger partial charge on any atom is 0.307 e. The number of hydrogen-bond acceptors (Lipinski definition) is 1. The van der Waals surface area contributed by atoms with E-state index in [1.807, 2.05) is 0 Å². The van der Waals surface area contributed by atoms with Gasteiger partial charge in [-0.05, 0) is 23.0 Å². The molecule has 1 saturated carbocycles. The molecule has 2 unspecified atom stereocenters. The van der Waals surface area contributed by atoms with E-state index in [0.29, 0.717) is 16.6 Å². The molecular weight excluding hydrogens is 240 g/mol. The average molecular weight is 266 g/mol. The van der Waals surface area contributed by atoms with Crippen molar-refractivity contribution in [2.75, 3.05) is 0 Å². The minimum Gasteiger partial charge on any atom is -0.481 e. The van der Waals surface area contributed by atoms with Gasteiger partial charge in [0.15, 0.2) is 0 Å². The summed E-state index contributed by atoms with van der Waals surface area (Å²) >= 11 is 0. The highest BCUT2D eigenvalue weighted by atomic mass is 28.3. The monoisotopic (exact) mass is 266 g/mol. The second-order valence-electron chi connectivity index (χ2n) is 6.45. The van der Waals surface area contributed by atoms with Crippen molar-refractivity contribution in [3.63, 3.8) is 0 Å². The zero-order valence-corrected chi connectivity index (χ0v) is 13.4. The topological polar surface area (TPSA) is 37.3 Å². The summed E-state index contributed by atoms with van der Waals surface area (Å²) < 4.78 is 0. The Hall–Kier alpha value is -0.753. The van der Waals surface area contributed by atoms with Gasteiger partial charge in [-0.2, -0.15) is 0 Å². The minimum absolute atomic E-state index is 0.116. The SMILES string of the molecule is CC(C)[Si](C#CC1CC1C(=O)O)(C(C)C)C(C)C. The Morgan fingerprint density at radius 2 is 1.56 bits per heavy atom. The molecule has 0 aliphatic heterocycles. The van der Waals surface area contributed by atoms with Gasteiger partial charge < -0.3 is 5.11 Å². The highest BCUT2D eigenvalue weighted by Gasteiger charge is 2.45. The van der Waals surface area contributed by atoms with Crippen molar-refractivity contribution in [3.8, 4) is 11.5 Å². The molecule has 0 saturated heterocycles. The van der Waals surface area contributed by atoms with Gasteiger partial charge in [0.1, 0.15) is 8.07 Å². The fourth-order valence-electron chi connectivity index (χ4n) is 3.28. The summed E-state index contributed by atoms with van der Waals surface area (Å²) in [4.78, 5) is 10.8. The van der Waals surface area contributed by atoms with Gasteiger partial charge in [0.25, 0.3) is 0 Å². The lowest BCUT2D eigenvalue weighted by molar-refractivity contribution is -0.138. The van der Waals surface area contributed by atoms with Gasteiger partial charge in [-0.25, -0.2) is 0 Å². The zero-order chi connectivity index (χ0) is 14.1. The van der Waals surface area contributed by atoms with Crippen LogP contribution in [0.4, 0.5) is 0 Å². The molecule has 0 bridgehead atoms. The van der Waals surface area contributed by atoms with E-state index in [9.17, 15) is 4.79 Å². The molecule has 18 heavy (non-hydrogen) atoms. The standard InChI is InChI=1S/C15H26O2Si/c1-10(2)18(11(3)4,12(5)6)8-7-13-9-14(13)15(16)17/h10-14H,9H2,1-6H3,(H,16,17). The molecule has 0 aromatic carbocycles. The quantitative estimate of drug-likeness (QED) is 0.618. The Bertz CT molecular complexity index is 352. The van der Waals surface area contributed by atoms with Crippen LogP contribution in [0.3, 0.4) is 0 Å². The summed E-state index contributed by atoms with van der Waals surface area (Å²) in [5, 5.41) is 8.92. The smallest absolute Gasteiger partial charge is 0.307 e. The summed E-state index contributed by atoms with van der Waals surface area (Å²) in [6.45, 7) is 13.7. The van der Waals surface area contributed by atoms with E-state index >= 15 is 0 Å². The van der Waals surface area contributed by atoms with Crippen LogP contribution in [-0.2, 0) is 4.79 Å². The molecule has 0 aromatic heterocycles. The lowest BCUT2D eigenvalue weighted by atomic mass is 10.3. The van der Waals surface area contributed by atoms with Crippen LogP contribution in [0, 0.1) is 23.3 Å². The van der Waals surface area contributed by atoms with E-state index in [1.165, 1.54) is 0 Å². The van der Waals surface area contributed by atoms with Crippen LogP contribution in [0.15, 0.2) is 0 Å². The van der Waals surface area contributed by atoms with Gasteiger partial charge in [0, 0.05) is 5.92 Å². The van der Waals surface area contributed by atoms with Crippen LogP contribution in [0.1, 0.15) is 48.0 Å². The molecule has 102 valence electrons. The van der Waals surface area contributed by atoms with Crippen LogP contribution >= 0.6 is 0 Å². The van der Waals surface area contributed by atoms with E-state index in [2.05, 4.69) is 53.0 Å². The molecule has 2 nitrogen and oxygen atoms in total. The highest BCUT2D eigenvalue weighted by molar-refractivity contribution is 6.90. The molecule has 0 aromatic rings. The maximum atomic E-state index is 10.8. The Labute approximate surface area is 112 Å². The first-order chi connectivity index (χ1) is 8.23. The fourth-order valence-corrected chi connectivity index (χ4v) is 8.58. The molecule has 1 rings (SSSR count). The zero-order valence-electron chi connectivity index (χ0n) is 12.4. The number of aliphatic carboxylic acids is 1. The van der Waals surface area contributed by atoms with Crippen molar-refractivity contribution in [1.29, 1.82) is 0 Å². The lowest BCUT2D eigenvalue weighted by Crippen LogP contribution is -2.43. The van der Waals surface area contributed by atoms with Crippen molar-refractivity contribution in [2.45, 2.75) is 64.6 Å². The van der Waals surface area contributed by atoms with Gasteiger partial charge in [0.2, 0.25) is 0 Å². The fraction of sp³-hybridized carbons (Fsp3) is 0.800. The number of rotatable bonds is 4. The van der Waals surface area contributed by atoms with Crippen LogP contribution in [0.25, 0.3) is 0 Å². The third-order valence-electron chi connectivity index (χ3n) is 4.45. The van der Waals surface area contributed by atoms with Crippen molar-refractivity contribution >= 4 is 14.0 Å². The predicted octanol–water partition coefficient (Wildman–Crippen LogP) is 3.93. The van der Waals surface area contributed by atoms with Crippen LogP contribution in [0.5, 0.6) is 0 Å². The van der Waals surface area contributed by atoms with E-state index in [4.69, 9.17) is 5.11 Å². The van der Waals surface area contributed by atoms with Crippen molar-refractivity contribution in [1.82, 2.24) is 0 Å². The average Bonchev–Trinajstić information content (AvgIpc) is 2.96. The third kappa shape index (κ3) is 2.80. The number of carboxylic acids is 1. The maximum absolute atomic E-state index is 10.8. The van der Waals surface area contributed by atoms with Crippen molar-refractivity contribution < 1.29 is 9.90 Å². The normalized spacial score (nSPS) is 23.2. The molecule has 0 amide bonds. The van der Waals surface area contributed by atoms with Gasteiger partial charge in [-0.3, -0.25) is 4.79 Å². The molecule has 1 aliphatic rings. The molecule has 1 N–H and O–H groups in total. The van der Waals surface area contributed by atoms with Gasteiger partial charge >= 0.3 is 5.97 Å². The van der Waals surface area contributed by atoms with E-state index < -0.39 is 14.0 Å². The Kier molecular flexibility index (Phi) is 4.66. The summed E-state index contributed by atoms with van der Waals surface area (Å²) in [7, 11) is -1.67. The van der Waals surface area contributed by atoms with Gasteiger partial charge in [-0.15, -0.1) is 11.5 Å². The Balaban J connectivity index is 2.94. The molecule has 0 spiro atoms. The minimum atomic E-state index is -1.67. The number of carbonyl (C=O) groups is 1. The van der Waals surface area contributed by atoms with Crippen LogP contribution in [-0.4, -0.2) is 19.1 Å². The lowest BCUT2D eigenvalue weighted by Gasteiger charge is -2.38. The summed E-state index contributed by atoms with van der Waals surface area (Å²) in [5.41, 5.74) is 5.46. The first kappa shape index (κ1) is 15.3. The Morgan fingerprint density at radius 1 is 1.11 bits per heavy atom. The first-order valence-corrected chi connectivity index (χ1v) is 9.22. The van der Waals surface area contributed by atoms with E-state index in [1.54, 1.807) is 0 Å². The molecule has 0 radical (unpaired) electrons. The predicted molar refractivity (Wildman–Crippen MR) is 78.1 cm³/mol. The second-order valence-corrected chi connectivity index (χ2v) is 12.0. The molecule has 3 heteroatoms. The molecular formula is C15H26O2Si. The van der Waals surface area contributed by atoms with Gasteiger partial charge in [0.05, 0.1) is 5.92 Å². The number of hydrogen-bond donors (Lipinski definition) is 1. The van der Waals surface area contributed by atoms with E-state index in [0.717, 1.165) is 6.42 Å². The first-order valence-electron chi connectivity index (χ1n) is 6.99. The van der Waals surface area contributed by atoms with E-state index in [-0.39, 0.29) is 11.8 Å². The summed E-state index contributed by atoms with van der Waals surface area (Å²) in [5.74, 6) is 2.54. The molecule has 1 fully saturated rings. The van der Waals surface area contributed by atoms with Crippen molar-refractivity contribution in [2.24, 2.45) is 11.8 Å². The number of carboxylic acid groups (broad SMARTS) is 1. The van der Waals surface area contributed by atoms with Crippen molar-refractivity contribution in [3.05, 3.63) is 0 Å². The molecule has 0 heterocycles. The largest absolute Gasteiger partial charge is 0.481 e. The van der Waals surface area contributed by atoms with Crippen LogP contribution in [0.2, 0.25) is 16.6 Å². The second kappa shape index (κ2) is 5.48. The Morgan fingerprint density at radius 3 is 1.83 bits per heavy atom. The van der Waals surface area contributed by atoms with Gasteiger partial charge in [-0.1, -0.05) is 41.5 Å². The van der Waals surface area contributed by atoms with Crippen LogP contribution < -0.4 is 0 Å². The summed E-state index contributed by atoms with van der Waals surface area (Å²) in [6.07, 6.45) is 0.751. The third-order valence-corrected chi connectivity index (χ3v) is 10.8.